The monoisotopic (exact) mass is 419 g/mol. The number of hydrogen-bond donors (Lipinski definition) is 0. The second kappa shape index (κ2) is 5.71. The van der Waals surface area contributed by atoms with Gasteiger partial charge in [-0.2, -0.15) is 22.5 Å². The van der Waals surface area contributed by atoms with Crippen molar-refractivity contribution in [2.24, 2.45) is 0 Å². The van der Waals surface area contributed by atoms with Crippen LogP contribution < -0.4 is 4.74 Å². The molecule has 0 bridgehead atoms. The van der Waals surface area contributed by atoms with Gasteiger partial charge in [-0.25, -0.2) is 0 Å². The van der Waals surface area contributed by atoms with Gasteiger partial charge >= 0.3 is 0 Å². The molecule has 0 spiro atoms. The van der Waals surface area contributed by atoms with E-state index in [1.807, 2.05) is 34.7 Å². The van der Waals surface area contributed by atoms with Gasteiger partial charge in [-0.15, -0.1) is 0 Å². The molecular formula is C15H6F4INO. The summed E-state index contributed by atoms with van der Waals surface area (Å²) in [5.41, 5.74) is 0. The van der Waals surface area contributed by atoms with Gasteiger partial charge in [-0.3, -0.25) is 0 Å². The van der Waals surface area contributed by atoms with Crippen LogP contribution in [0.2, 0.25) is 0 Å². The van der Waals surface area contributed by atoms with Crippen LogP contribution in [0.15, 0.2) is 36.4 Å². The minimum absolute atomic E-state index is 0.0853. The van der Waals surface area contributed by atoms with E-state index in [2.05, 4.69) is 4.98 Å². The van der Waals surface area contributed by atoms with Crippen LogP contribution in [0.25, 0.3) is 10.8 Å². The highest BCUT2D eigenvalue weighted by molar-refractivity contribution is 14.1. The third-order valence-electron chi connectivity index (χ3n) is 3.00. The van der Waals surface area contributed by atoms with Crippen LogP contribution in [0, 0.1) is 27.1 Å². The predicted octanol–water partition coefficient (Wildman–Crippen LogP) is 5.19. The van der Waals surface area contributed by atoms with Gasteiger partial charge in [-0.05, 0) is 39.4 Å². The highest BCUT2D eigenvalue weighted by Crippen LogP contribution is 2.35. The number of aromatic nitrogens is 1. The lowest BCUT2D eigenvalue weighted by Gasteiger charge is -2.11. The maximum Gasteiger partial charge on any atom is 0.255 e. The summed E-state index contributed by atoms with van der Waals surface area (Å²) in [5, 5.41) is 1.68. The highest BCUT2D eigenvalue weighted by atomic mass is 127. The molecule has 0 saturated carbocycles. The zero-order valence-corrected chi connectivity index (χ0v) is 12.9. The number of fused-ring (bicyclic) bond motifs is 1. The average Bonchev–Trinajstić information content (AvgIpc) is 2.52. The fourth-order valence-electron chi connectivity index (χ4n) is 1.96. The topological polar surface area (TPSA) is 22.1 Å². The first-order valence-corrected chi connectivity index (χ1v) is 7.12. The smallest absolute Gasteiger partial charge is 0.255 e. The van der Waals surface area contributed by atoms with Crippen molar-refractivity contribution < 1.29 is 22.3 Å². The summed E-state index contributed by atoms with van der Waals surface area (Å²) in [6, 6.07) is 10.4. The predicted molar refractivity (Wildman–Crippen MR) is 80.8 cm³/mol. The Balaban J connectivity index is 2.13. The molecule has 0 amide bonds. The molecule has 112 valence electrons. The summed E-state index contributed by atoms with van der Waals surface area (Å²) in [5.74, 6) is -7.94. The number of benzene rings is 2. The van der Waals surface area contributed by atoms with Crippen LogP contribution in [-0.4, -0.2) is 4.98 Å². The van der Waals surface area contributed by atoms with Gasteiger partial charge in [0.1, 0.15) is 5.75 Å². The third-order valence-corrected chi connectivity index (χ3v) is 4.11. The fourth-order valence-corrected chi connectivity index (χ4v) is 2.74. The maximum absolute atomic E-state index is 13.6. The molecule has 0 aliphatic carbocycles. The zero-order valence-electron chi connectivity index (χ0n) is 10.7. The molecule has 3 aromatic rings. The molecule has 0 aliphatic rings. The largest absolute Gasteiger partial charge is 0.450 e. The van der Waals surface area contributed by atoms with Gasteiger partial charge in [0.2, 0.25) is 17.4 Å². The van der Waals surface area contributed by atoms with Gasteiger partial charge in [0.15, 0.2) is 0 Å². The molecule has 1 aromatic heterocycles. The standard InChI is InChI=1S/C15H6F4INO/c16-10-13(11(17)15(19)21-14(10)18)22-9-6-5-7-3-1-2-4-8(7)12(9)20/h1-6H. The molecule has 0 fully saturated rings. The lowest BCUT2D eigenvalue weighted by molar-refractivity contribution is 0.342. The Kier molecular flexibility index (Phi) is 3.90. The normalized spacial score (nSPS) is 11.0. The van der Waals surface area contributed by atoms with Crippen molar-refractivity contribution in [3.63, 3.8) is 0 Å². The van der Waals surface area contributed by atoms with E-state index in [1.54, 1.807) is 18.2 Å². The van der Waals surface area contributed by atoms with Crippen molar-refractivity contribution in [2.75, 3.05) is 0 Å². The van der Waals surface area contributed by atoms with E-state index in [1.165, 1.54) is 6.07 Å². The molecule has 0 saturated heterocycles. The summed E-state index contributed by atoms with van der Waals surface area (Å²) in [6.07, 6.45) is 0. The van der Waals surface area contributed by atoms with Gasteiger partial charge in [0, 0.05) is 0 Å². The lowest BCUT2D eigenvalue weighted by atomic mass is 10.1. The number of pyridine rings is 1. The highest BCUT2D eigenvalue weighted by Gasteiger charge is 2.23. The van der Waals surface area contributed by atoms with E-state index in [0.717, 1.165) is 10.8 Å². The van der Waals surface area contributed by atoms with Crippen molar-refractivity contribution >= 4 is 33.4 Å². The number of halogens is 5. The summed E-state index contributed by atoms with van der Waals surface area (Å²) in [6.45, 7) is 0. The Hall–Kier alpha value is -1.90. The van der Waals surface area contributed by atoms with E-state index in [-0.39, 0.29) is 5.75 Å². The Morgan fingerprint density at radius 1 is 0.864 bits per heavy atom. The van der Waals surface area contributed by atoms with Crippen molar-refractivity contribution in [1.82, 2.24) is 4.98 Å². The van der Waals surface area contributed by atoms with Crippen LogP contribution in [0.3, 0.4) is 0 Å². The van der Waals surface area contributed by atoms with Crippen molar-refractivity contribution in [3.8, 4) is 11.5 Å². The molecule has 1 heterocycles. The first kappa shape index (κ1) is 15.0. The van der Waals surface area contributed by atoms with Crippen molar-refractivity contribution in [1.29, 1.82) is 0 Å². The summed E-state index contributed by atoms with van der Waals surface area (Å²) >= 11 is 1.93. The maximum atomic E-state index is 13.6. The first-order valence-electron chi connectivity index (χ1n) is 6.04. The van der Waals surface area contributed by atoms with Crippen molar-refractivity contribution in [3.05, 3.63) is 63.5 Å². The number of hydrogen-bond acceptors (Lipinski definition) is 2. The van der Waals surface area contributed by atoms with Crippen LogP contribution in [-0.2, 0) is 0 Å². The zero-order chi connectivity index (χ0) is 15.9. The molecule has 2 aromatic carbocycles. The quantitative estimate of drug-likeness (QED) is 0.324. The SMILES string of the molecule is Fc1nc(F)c(F)c(Oc2ccc3ccccc3c2I)c1F. The van der Waals surface area contributed by atoms with Gasteiger partial charge < -0.3 is 4.74 Å². The first-order chi connectivity index (χ1) is 10.5. The van der Waals surface area contributed by atoms with E-state index in [0.29, 0.717) is 3.57 Å². The van der Waals surface area contributed by atoms with Gasteiger partial charge in [0.05, 0.1) is 3.57 Å². The Bertz CT molecular complexity index is 859. The molecular weight excluding hydrogens is 413 g/mol. The summed E-state index contributed by atoms with van der Waals surface area (Å²) in [7, 11) is 0. The third kappa shape index (κ3) is 2.49. The Labute approximate surface area is 135 Å². The lowest BCUT2D eigenvalue weighted by Crippen LogP contribution is -2.03. The molecule has 7 heteroatoms. The summed E-state index contributed by atoms with van der Waals surface area (Å²) < 4.78 is 59.0. The second-order valence-electron chi connectivity index (χ2n) is 4.35. The van der Waals surface area contributed by atoms with E-state index >= 15 is 0 Å². The Morgan fingerprint density at radius 3 is 2.18 bits per heavy atom. The van der Waals surface area contributed by atoms with Gasteiger partial charge in [0.25, 0.3) is 11.9 Å². The minimum atomic E-state index is -1.76. The van der Waals surface area contributed by atoms with Crippen molar-refractivity contribution in [2.45, 2.75) is 0 Å². The molecule has 0 aliphatic heterocycles. The van der Waals surface area contributed by atoms with E-state index in [4.69, 9.17) is 4.74 Å². The Morgan fingerprint density at radius 2 is 1.50 bits per heavy atom. The second-order valence-corrected chi connectivity index (χ2v) is 5.43. The molecule has 0 atom stereocenters. The molecule has 2 nitrogen and oxygen atoms in total. The average molecular weight is 419 g/mol. The number of nitrogens with zero attached hydrogens (tertiary/aromatic N) is 1. The number of rotatable bonds is 2. The molecule has 0 radical (unpaired) electrons. The molecule has 3 rings (SSSR count). The van der Waals surface area contributed by atoms with Gasteiger partial charge in [-0.1, -0.05) is 30.3 Å². The van der Waals surface area contributed by atoms with Crippen LogP contribution in [0.1, 0.15) is 0 Å². The fraction of sp³-hybridized carbons (Fsp3) is 0. The van der Waals surface area contributed by atoms with Crippen LogP contribution in [0.4, 0.5) is 17.6 Å². The van der Waals surface area contributed by atoms with E-state index in [9.17, 15) is 17.6 Å². The molecule has 22 heavy (non-hydrogen) atoms. The van der Waals surface area contributed by atoms with Crippen LogP contribution >= 0.6 is 22.6 Å². The molecule has 0 unspecified atom stereocenters. The number of ether oxygens (including phenoxy) is 1. The van der Waals surface area contributed by atoms with Crippen LogP contribution in [0.5, 0.6) is 11.5 Å². The molecule has 0 N–H and O–H groups in total. The minimum Gasteiger partial charge on any atom is -0.450 e. The summed E-state index contributed by atoms with van der Waals surface area (Å²) in [4.78, 5) is 2.48. The van der Waals surface area contributed by atoms with E-state index < -0.39 is 29.3 Å².